The van der Waals surface area contributed by atoms with Crippen molar-refractivity contribution in [1.29, 1.82) is 5.41 Å². The van der Waals surface area contributed by atoms with Crippen molar-refractivity contribution in [2.75, 3.05) is 0 Å². The molecule has 0 atom stereocenters. The topological polar surface area (TPSA) is 23.9 Å². The van der Waals surface area contributed by atoms with Crippen LogP contribution in [-0.2, 0) is 0 Å². The minimum Gasteiger partial charge on any atom is -0.308 e. The molecule has 0 aromatic carbocycles. The molecule has 7 heavy (non-hydrogen) atoms. The molecule has 0 spiro atoms. The van der Waals surface area contributed by atoms with E-state index in [1.807, 2.05) is 0 Å². The van der Waals surface area contributed by atoms with E-state index in [2.05, 4.69) is 19.2 Å². The molecule has 0 aliphatic rings. The minimum atomic E-state index is 0.620. The quantitative estimate of drug-likeness (QED) is 0.309. The van der Waals surface area contributed by atoms with Crippen LogP contribution >= 0.6 is 12.6 Å². The predicted octanol–water partition coefficient (Wildman–Crippen LogP) is 1.64. The number of hydrogen-bond acceptors (Lipinski definition) is 2. The van der Waals surface area contributed by atoms with Crippen molar-refractivity contribution in [2.45, 2.75) is 0 Å². The average Bonchev–Trinajstić information content (AvgIpc) is 1.68. The fourth-order valence-corrected chi connectivity index (χ4v) is 0.274. The summed E-state index contributed by atoms with van der Waals surface area (Å²) in [5, 5.41) is 6.59. The number of rotatable bonds is 2. The molecular weight excluding hydrogens is 106 g/mol. The highest BCUT2D eigenvalue weighted by atomic mass is 32.1. The third-order valence-electron chi connectivity index (χ3n) is 0.436. The molecular formula is C5H7NS. The molecule has 0 saturated carbocycles. The number of hydrogen-bond donors (Lipinski definition) is 2. The lowest BCUT2D eigenvalue weighted by atomic mass is 10.5. The van der Waals surface area contributed by atoms with Crippen LogP contribution in [0.3, 0.4) is 0 Å². The molecule has 0 fully saturated rings. The first-order chi connectivity index (χ1) is 3.31. The second-order valence-corrected chi connectivity index (χ2v) is 1.49. The molecule has 1 N–H and O–H groups in total. The monoisotopic (exact) mass is 113 g/mol. The van der Waals surface area contributed by atoms with Gasteiger partial charge in [0.2, 0.25) is 0 Å². The van der Waals surface area contributed by atoms with Crippen LogP contribution in [0.15, 0.2) is 23.6 Å². The van der Waals surface area contributed by atoms with Crippen LogP contribution in [0, 0.1) is 5.41 Å². The van der Waals surface area contributed by atoms with E-state index < -0.39 is 0 Å². The summed E-state index contributed by atoms with van der Waals surface area (Å²) in [6.07, 6.45) is 4.40. The van der Waals surface area contributed by atoms with Crippen molar-refractivity contribution >= 4 is 18.8 Å². The summed E-state index contributed by atoms with van der Waals surface area (Å²) in [5.74, 6) is 0. The van der Waals surface area contributed by atoms with Crippen LogP contribution in [0.1, 0.15) is 0 Å². The Morgan fingerprint density at radius 2 is 2.29 bits per heavy atom. The van der Waals surface area contributed by atoms with Gasteiger partial charge < -0.3 is 5.41 Å². The number of thiol groups is 1. The molecule has 0 aliphatic heterocycles. The first-order valence-electron chi connectivity index (χ1n) is 1.83. The Labute approximate surface area is 48.7 Å². The van der Waals surface area contributed by atoms with Crippen molar-refractivity contribution in [3.05, 3.63) is 23.6 Å². The van der Waals surface area contributed by atoms with E-state index in [-0.39, 0.29) is 0 Å². The maximum atomic E-state index is 6.59. The highest BCUT2D eigenvalue weighted by Gasteiger charge is 1.72. The summed E-state index contributed by atoms with van der Waals surface area (Å²) in [5.41, 5.74) is 0. The molecule has 0 aromatic rings. The van der Waals surface area contributed by atoms with Gasteiger partial charge in [0.25, 0.3) is 0 Å². The highest BCUT2D eigenvalue weighted by molar-refractivity contribution is 7.85. The zero-order valence-corrected chi connectivity index (χ0v) is 4.78. The Morgan fingerprint density at radius 3 is 2.43 bits per heavy atom. The van der Waals surface area contributed by atoms with Crippen LogP contribution < -0.4 is 0 Å². The van der Waals surface area contributed by atoms with Gasteiger partial charge in [0.15, 0.2) is 0 Å². The van der Waals surface area contributed by atoms with Gasteiger partial charge in [-0.3, -0.25) is 0 Å². The second kappa shape index (κ2) is 3.68. The van der Waals surface area contributed by atoms with E-state index in [9.17, 15) is 0 Å². The molecule has 0 aromatic heterocycles. The van der Waals surface area contributed by atoms with E-state index in [0.29, 0.717) is 4.91 Å². The minimum absolute atomic E-state index is 0.620. The van der Waals surface area contributed by atoms with E-state index in [4.69, 9.17) is 5.41 Å². The van der Waals surface area contributed by atoms with Gasteiger partial charge in [-0.1, -0.05) is 12.7 Å². The summed E-state index contributed by atoms with van der Waals surface area (Å²) in [7, 11) is 0. The Bertz CT molecular complexity index is 105. The maximum Gasteiger partial charge on any atom is 0.0311 e. The Balaban J connectivity index is 3.72. The maximum absolute atomic E-state index is 6.59. The highest BCUT2D eigenvalue weighted by Crippen LogP contribution is 1.92. The van der Waals surface area contributed by atoms with E-state index in [1.54, 1.807) is 12.2 Å². The van der Waals surface area contributed by atoms with E-state index in [0.717, 1.165) is 6.21 Å². The molecule has 0 radical (unpaired) electrons. The third-order valence-corrected chi connectivity index (χ3v) is 0.715. The molecule has 0 aliphatic carbocycles. The van der Waals surface area contributed by atoms with Crippen molar-refractivity contribution in [3.8, 4) is 0 Å². The fraction of sp³-hybridized carbons (Fsp3) is 0. The Hall–Kier alpha value is -0.500. The van der Waals surface area contributed by atoms with Crippen molar-refractivity contribution in [1.82, 2.24) is 0 Å². The SMILES string of the molecule is C=C/C=C(/S)C=N. The first-order valence-corrected chi connectivity index (χ1v) is 2.28. The lowest BCUT2D eigenvalue weighted by molar-refractivity contribution is 1.57. The van der Waals surface area contributed by atoms with Crippen LogP contribution in [0.2, 0.25) is 0 Å². The van der Waals surface area contributed by atoms with Gasteiger partial charge in [-0.15, -0.1) is 12.6 Å². The summed E-state index contributed by atoms with van der Waals surface area (Å²) in [4.78, 5) is 0.620. The smallest absolute Gasteiger partial charge is 0.0311 e. The Morgan fingerprint density at radius 1 is 1.71 bits per heavy atom. The fourth-order valence-electron chi connectivity index (χ4n) is 0.169. The first kappa shape index (κ1) is 6.50. The third kappa shape index (κ3) is 3.33. The molecule has 38 valence electrons. The van der Waals surface area contributed by atoms with E-state index in [1.165, 1.54) is 0 Å². The summed E-state index contributed by atoms with van der Waals surface area (Å²) in [6, 6.07) is 0. The van der Waals surface area contributed by atoms with Gasteiger partial charge in [0.1, 0.15) is 0 Å². The lowest BCUT2D eigenvalue weighted by Gasteiger charge is -1.77. The van der Waals surface area contributed by atoms with Crippen LogP contribution in [0.5, 0.6) is 0 Å². The molecule has 0 bridgehead atoms. The van der Waals surface area contributed by atoms with E-state index >= 15 is 0 Å². The molecule has 0 rings (SSSR count). The molecule has 0 amide bonds. The van der Waals surface area contributed by atoms with Gasteiger partial charge in [-0.25, -0.2) is 0 Å². The van der Waals surface area contributed by atoms with Gasteiger partial charge in [0, 0.05) is 11.1 Å². The molecule has 0 heterocycles. The molecule has 0 unspecified atom stereocenters. The van der Waals surface area contributed by atoms with Crippen LogP contribution in [0.25, 0.3) is 0 Å². The van der Waals surface area contributed by atoms with Crippen molar-refractivity contribution in [2.24, 2.45) is 0 Å². The summed E-state index contributed by atoms with van der Waals surface area (Å²) in [6.45, 7) is 3.42. The zero-order chi connectivity index (χ0) is 5.70. The van der Waals surface area contributed by atoms with Crippen LogP contribution in [-0.4, -0.2) is 6.21 Å². The van der Waals surface area contributed by atoms with Crippen LogP contribution in [0.4, 0.5) is 0 Å². The van der Waals surface area contributed by atoms with Gasteiger partial charge in [-0.05, 0) is 6.08 Å². The molecule has 0 saturated heterocycles. The number of allylic oxidation sites excluding steroid dienone is 3. The summed E-state index contributed by atoms with van der Waals surface area (Å²) >= 11 is 3.86. The average molecular weight is 113 g/mol. The Kier molecular flexibility index (Phi) is 3.42. The van der Waals surface area contributed by atoms with Crippen molar-refractivity contribution in [3.63, 3.8) is 0 Å². The summed E-state index contributed by atoms with van der Waals surface area (Å²) < 4.78 is 0. The second-order valence-electron chi connectivity index (χ2n) is 0.972. The lowest BCUT2D eigenvalue weighted by Crippen LogP contribution is -1.64. The standard InChI is InChI=1S/C5H7NS/c1-2-3-5(7)4-6/h2-4,6-7H,1H2/b5-3+,6-4?. The number of nitrogens with one attached hydrogen (secondary N) is 1. The molecule has 2 heteroatoms. The molecule has 1 nitrogen and oxygen atoms in total. The predicted molar refractivity (Wildman–Crippen MR) is 36.0 cm³/mol. The normalized spacial score (nSPS) is 10.7. The van der Waals surface area contributed by atoms with Crippen molar-refractivity contribution < 1.29 is 0 Å². The zero-order valence-electron chi connectivity index (χ0n) is 3.89. The van der Waals surface area contributed by atoms with Gasteiger partial charge in [0.05, 0.1) is 0 Å². The van der Waals surface area contributed by atoms with Gasteiger partial charge >= 0.3 is 0 Å². The van der Waals surface area contributed by atoms with Gasteiger partial charge in [-0.2, -0.15) is 0 Å². The largest absolute Gasteiger partial charge is 0.308 e.